The fourth-order valence-corrected chi connectivity index (χ4v) is 5.23. The van der Waals surface area contributed by atoms with Crippen LogP contribution in [0, 0.1) is 6.92 Å². The SMILES string of the molecule is Cc1ccc(Cl)cc1NC(=O)C(C)OC(=O)c1cc(S(=O)(=O)N2CCCCC2)ccc1Cl. The number of carbonyl (C=O) groups is 2. The van der Waals surface area contributed by atoms with E-state index < -0.39 is 28.0 Å². The molecular weight excluding hydrogens is 475 g/mol. The molecule has 1 aliphatic heterocycles. The highest BCUT2D eigenvalue weighted by atomic mass is 35.5. The molecule has 1 N–H and O–H groups in total. The average molecular weight is 499 g/mol. The lowest BCUT2D eigenvalue weighted by molar-refractivity contribution is -0.123. The summed E-state index contributed by atoms with van der Waals surface area (Å²) in [7, 11) is -3.75. The highest BCUT2D eigenvalue weighted by Gasteiger charge is 2.28. The Labute approximate surface area is 197 Å². The van der Waals surface area contributed by atoms with E-state index in [1.165, 1.54) is 29.4 Å². The van der Waals surface area contributed by atoms with Crippen molar-refractivity contribution in [3.05, 3.63) is 57.6 Å². The van der Waals surface area contributed by atoms with Gasteiger partial charge in [-0.3, -0.25) is 4.79 Å². The molecule has 0 saturated carbocycles. The van der Waals surface area contributed by atoms with Crippen molar-refractivity contribution in [1.29, 1.82) is 0 Å². The zero-order valence-electron chi connectivity index (χ0n) is 17.7. The van der Waals surface area contributed by atoms with Gasteiger partial charge in [-0.15, -0.1) is 0 Å². The Morgan fingerprint density at radius 1 is 1.06 bits per heavy atom. The summed E-state index contributed by atoms with van der Waals surface area (Å²) >= 11 is 12.1. The molecule has 0 aromatic heterocycles. The van der Waals surface area contributed by atoms with Gasteiger partial charge in [-0.2, -0.15) is 4.31 Å². The lowest BCUT2D eigenvalue weighted by Crippen LogP contribution is -2.35. The van der Waals surface area contributed by atoms with Crippen LogP contribution in [0.25, 0.3) is 0 Å². The van der Waals surface area contributed by atoms with Crippen LogP contribution in [-0.4, -0.2) is 43.8 Å². The van der Waals surface area contributed by atoms with Gasteiger partial charge in [0.15, 0.2) is 6.10 Å². The van der Waals surface area contributed by atoms with Crippen LogP contribution in [-0.2, 0) is 19.6 Å². The zero-order valence-corrected chi connectivity index (χ0v) is 20.1. The van der Waals surface area contributed by atoms with Gasteiger partial charge in [-0.1, -0.05) is 35.7 Å². The van der Waals surface area contributed by atoms with Crippen LogP contribution in [0.5, 0.6) is 0 Å². The quantitative estimate of drug-likeness (QED) is 0.584. The molecule has 1 amide bonds. The van der Waals surface area contributed by atoms with Gasteiger partial charge in [-0.25, -0.2) is 13.2 Å². The second-order valence-corrected chi connectivity index (χ2v) is 10.4. The normalized spacial score (nSPS) is 15.8. The Balaban J connectivity index is 1.75. The smallest absolute Gasteiger partial charge is 0.340 e. The number of rotatable bonds is 6. The zero-order chi connectivity index (χ0) is 23.5. The topological polar surface area (TPSA) is 92.8 Å². The molecule has 10 heteroatoms. The van der Waals surface area contributed by atoms with E-state index in [0.29, 0.717) is 23.8 Å². The molecule has 0 bridgehead atoms. The summed E-state index contributed by atoms with van der Waals surface area (Å²) in [5.74, 6) is -1.45. The maximum absolute atomic E-state index is 12.9. The van der Waals surface area contributed by atoms with Crippen molar-refractivity contribution >= 4 is 50.8 Å². The average Bonchev–Trinajstić information content (AvgIpc) is 2.76. The van der Waals surface area contributed by atoms with Crippen LogP contribution in [0.15, 0.2) is 41.3 Å². The first-order valence-corrected chi connectivity index (χ1v) is 12.4. The number of hydrogen-bond donors (Lipinski definition) is 1. The molecule has 2 aromatic rings. The second-order valence-electron chi connectivity index (χ2n) is 7.60. The molecule has 1 aliphatic rings. The molecule has 0 spiro atoms. The highest BCUT2D eigenvalue weighted by molar-refractivity contribution is 7.89. The molecule has 1 atom stereocenters. The van der Waals surface area contributed by atoms with Gasteiger partial charge < -0.3 is 10.1 Å². The first-order valence-electron chi connectivity index (χ1n) is 10.2. The van der Waals surface area contributed by atoms with E-state index in [-0.39, 0.29) is 15.5 Å². The molecular formula is C22H24Cl2N2O5S. The van der Waals surface area contributed by atoms with E-state index in [9.17, 15) is 18.0 Å². The van der Waals surface area contributed by atoms with E-state index in [1.807, 2.05) is 0 Å². The van der Waals surface area contributed by atoms with Crippen molar-refractivity contribution in [1.82, 2.24) is 4.31 Å². The number of aryl methyl sites for hydroxylation is 1. The Morgan fingerprint density at radius 3 is 2.44 bits per heavy atom. The summed E-state index contributed by atoms with van der Waals surface area (Å²) in [6, 6.07) is 8.94. The summed E-state index contributed by atoms with van der Waals surface area (Å²) < 4.78 is 32.5. The van der Waals surface area contributed by atoms with Gasteiger partial charge in [0.25, 0.3) is 5.91 Å². The maximum atomic E-state index is 12.9. The van der Waals surface area contributed by atoms with E-state index in [1.54, 1.807) is 25.1 Å². The molecule has 0 radical (unpaired) electrons. The summed E-state index contributed by atoms with van der Waals surface area (Å²) in [6.07, 6.45) is 1.42. The molecule has 1 unspecified atom stereocenters. The van der Waals surface area contributed by atoms with Crippen LogP contribution >= 0.6 is 23.2 Å². The lowest BCUT2D eigenvalue weighted by atomic mass is 10.2. The van der Waals surface area contributed by atoms with Crippen molar-refractivity contribution in [2.75, 3.05) is 18.4 Å². The van der Waals surface area contributed by atoms with Crippen molar-refractivity contribution < 1.29 is 22.7 Å². The Morgan fingerprint density at radius 2 is 1.75 bits per heavy atom. The fraction of sp³-hybridized carbons (Fsp3) is 0.364. The summed E-state index contributed by atoms with van der Waals surface area (Å²) in [4.78, 5) is 25.1. The Bertz CT molecular complexity index is 1130. The molecule has 7 nitrogen and oxygen atoms in total. The van der Waals surface area contributed by atoms with Gasteiger partial charge in [0, 0.05) is 23.8 Å². The van der Waals surface area contributed by atoms with E-state index >= 15 is 0 Å². The predicted octanol–water partition coefficient (Wildman–Crippen LogP) is 4.66. The van der Waals surface area contributed by atoms with Gasteiger partial charge in [0.05, 0.1) is 15.5 Å². The number of carbonyl (C=O) groups excluding carboxylic acids is 2. The number of benzene rings is 2. The summed E-state index contributed by atoms with van der Waals surface area (Å²) in [6.45, 7) is 4.09. The second kappa shape index (κ2) is 10.2. The van der Waals surface area contributed by atoms with Crippen LogP contribution in [0.4, 0.5) is 5.69 Å². The van der Waals surface area contributed by atoms with Crippen molar-refractivity contribution in [2.45, 2.75) is 44.1 Å². The van der Waals surface area contributed by atoms with Crippen LogP contribution in [0.1, 0.15) is 42.1 Å². The Kier molecular flexibility index (Phi) is 7.82. The van der Waals surface area contributed by atoms with E-state index in [4.69, 9.17) is 27.9 Å². The minimum Gasteiger partial charge on any atom is -0.449 e. The number of nitrogens with one attached hydrogen (secondary N) is 1. The molecule has 3 rings (SSSR count). The third-order valence-electron chi connectivity index (χ3n) is 5.22. The summed E-state index contributed by atoms with van der Waals surface area (Å²) in [5.41, 5.74) is 1.17. The number of halogens is 2. The maximum Gasteiger partial charge on any atom is 0.340 e. The molecule has 1 heterocycles. The number of hydrogen-bond acceptors (Lipinski definition) is 5. The van der Waals surface area contributed by atoms with Crippen LogP contribution < -0.4 is 5.32 Å². The first-order chi connectivity index (χ1) is 15.1. The molecule has 1 saturated heterocycles. The number of amides is 1. The number of anilines is 1. The van der Waals surface area contributed by atoms with E-state index in [2.05, 4.69) is 5.32 Å². The number of sulfonamides is 1. The Hall–Kier alpha value is -2.13. The van der Waals surface area contributed by atoms with Gasteiger partial charge in [0.1, 0.15) is 0 Å². The first kappa shape index (κ1) is 24.5. The molecule has 172 valence electrons. The number of nitrogens with zero attached hydrogens (tertiary/aromatic N) is 1. The predicted molar refractivity (Wildman–Crippen MR) is 124 cm³/mol. The molecule has 32 heavy (non-hydrogen) atoms. The fourth-order valence-electron chi connectivity index (χ4n) is 3.32. The molecule has 2 aromatic carbocycles. The number of esters is 1. The largest absolute Gasteiger partial charge is 0.449 e. The highest BCUT2D eigenvalue weighted by Crippen LogP contribution is 2.26. The van der Waals surface area contributed by atoms with Crippen molar-refractivity contribution in [3.63, 3.8) is 0 Å². The van der Waals surface area contributed by atoms with Crippen molar-refractivity contribution in [2.24, 2.45) is 0 Å². The molecule has 0 aliphatic carbocycles. The van der Waals surface area contributed by atoms with Gasteiger partial charge in [-0.05, 0) is 62.6 Å². The standard InChI is InChI=1S/C22H24Cl2N2O5S/c1-14-6-7-16(23)12-20(14)25-21(27)15(2)31-22(28)18-13-17(8-9-19(18)24)32(29,30)26-10-4-3-5-11-26/h6-9,12-13,15H,3-5,10-11H2,1-2H3,(H,25,27). The van der Waals surface area contributed by atoms with Crippen LogP contribution in [0.3, 0.4) is 0 Å². The van der Waals surface area contributed by atoms with E-state index in [0.717, 1.165) is 24.8 Å². The number of piperidine rings is 1. The number of ether oxygens (including phenoxy) is 1. The third-order valence-corrected chi connectivity index (χ3v) is 7.68. The lowest BCUT2D eigenvalue weighted by Gasteiger charge is -2.26. The minimum absolute atomic E-state index is 0.0332. The van der Waals surface area contributed by atoms with Gasteiger partial charge in [0.2, 0.25) is 10.0 Å². The van der Waals surface area contributed by atoms with Crippen LogP contribution in [0.2, 0.25) is 10.0 Å². The monoisotopic (exact) mass is 498 g/mol. The minimum atomic E-state index is -3.75. The van der Waals surface area contributed by atoms with Gasteiger partial charge >= 0.3 is 5.97 Å². The van der Waals surface area contributed by atoms with Crippen molar-refractivity contribution in [3.8, 4) is 0 Å². The molecule has 1 fully saturated rings. The third kappa shape index (κ3) is 5.61. The summed E-state index contributed by atoms with van der Waals surface area (Å²) in [5, 5.41) is 3.15.